The Kier molecular flexibility index (Phi) is 5.47. The van der Waals surface area contributed by atoms with E-state index in [1.807, 2.05) is 61.2 Å². The number of nitrogens with one attached hydrogen (secondary N) is 2. The van der Waals surface area contributed by atoms with Crippen LogP contribution in [0.15, 0.2) is 54.9 Å². The fourth-order valence-electron chi connectivity index (χ4n) is 3.56. The van der Waals surface area contributed by atoms with Crippen LogP contribution in [0, 0.1) is 0 Å². The van der Waals surface area contributed by atoms with Crippen LogP contribution < -0.4 is 15.5 Å². The van der Waals surface area contributed by atoms with Crippen molar-refractivity contribution in [3.05, 3.63) is 66.1 Å². The van der Waals surface area contributed by atoms with Crippen molar-refractivity contribution < 1.29 is 9.59 Å². The van der Waals surface area contributed by atoms with Crippen LogP contribution >= 0.6 is 0 Å². The third kappa shape index (κ3) is 4.03. The molecule has 8 nitrogen and oxygen atoms in total. The number of rotatable bonds is 5. The van der Waals surface area contributed by atoms with Gasteiger partial charge < -0.3 is 15.5 Å². The molecular weight excluding hydrogens is 380 g/mol. The van der Waals surface area contributed by atoms with Crippen LogP contribution in [0.5, 0.6) is 0 Å². The molecule has 3 aromatic rings. The van der Waals surface area contributed by atoms with Crippen LogP contribution in [0.3, 0.4) is 0 Å². The molecule has 1 aromatic carbocycles. The van der Waals surface area contributed by atoms with Gasteiger partial charge in [-0.25, -0.2) is 9.67 Å². The number of hydrogen-bond acceptors (Lipinski definition) is 5. The van der Waals surface area contributed by atoms with Gasteiger partial charge in [-0.05, 0) is 42.3 Å². The summed E-state index contributed by atoms with van der Waals surface area (Å²) in [6, 6.07) is 13.1. The Hall–Kier alpha value is -3.68. The van der Waals surface area contributed by atoms with E-state index in [9.17, 15) is 9.59 Å². The van der Waals surface area contributed by atoms with Crippen molar-refractivity contribution in [1.29, 1.82) is 0 Å². The molecule has 3 heterocycles. The van der Waals surface area contributed by atoms with Gasteiger partial charge in [0.1, 0.15) is 0 Å². The van der Waals surface area contributed by atoms with Gasteiger partial charge in [-0.1, -0.05) is 19.9 Å². The third-order valence-corrected chi connectivity index (χ3v) is 4.99. The van der Waals surface area contributed by atoms with Gasteiger partial charge in [0.05, 0.1) is 24.0 Å². The summed E-state index contributed by atoms with van der Waals surface area (Å²) in [5.74, 6) is 0.564. The Morgan fingerprint density at radius 2 is 1.97 bits per heavy atom. The molecule has 0 unspecified atom stereocenters. The SMILES string of the molecule is CC(C)c1c(C(=O)Nc2ccc(N3CCNC(=O)C3)cc2)cnn1-c1ccccn1. The first kappa shape index (κ1) is 19.6. The fraction of sp³-hybridized carbons (Fsp3) is 0.273. The number of nitrogens with zero attached hydrogens (tertiary/aromatic N) is 4. The zero-order chi connectivity index (χ0) is 21.1. The Morgan fingerprint density at radius 1 is 1.17 bits per heavy atom. The van der Waals surface area contributed by atoms with Gasteiger partial charge in [-0.2, -0.15) is 5.10 Å². The van der Waals surface area contributed by atoms with Crippen LogP contribution in [-0.4, -0.2) is 46.2 Å². The number of carbonyl (C=O) groups excluding carboxylic acids is 2. The van der Waals surface area contributed by atoms with Crippen LogP contribution in [0.4, 0.5) is 11.4 Å². The lowest BCUT2D eigenvalue weighted by molar-refractivity contribution is -0.120. The predicted octanol–water partition coefficient (Wildman–Crippen LogP) is 2.58. The first-order chi connectivity index (χ1) is 14.5. The highest BCUT2D eigenvalue weighted by atomic mass is 16.2. The minimum atomic E-state index is -0.217. The topological polar surface area (TPSA) is 92.2 Å². The van der Waals surface area contributed by atoms with E-state index in [1.54, 1.807) is 17.1 Å². The molecule has 2 N–H and O–H groups in total. The maximum atomic E-state index is 13.0. The van der Waals surface area contributed by atoms with E-state index in [2.05, 4.69) is 20.7 Å². The van der Waals surface area contributed by atoms with Gasteiger partial charge in [-0.3, -0.25) is 9.59 Å². The van der Waals surface area contributed by atoms with Crippen LogP contribution in [-0.2, 0) is 4.79 Å². The lowest BCUT2D eigenvalue weighted by Crippen LogP contribution is -2.47. The van der Waals surface area contributed by atoms with E-state index in [0.717, 1.165) is 17.9 Å². The summed E-state index contributed by atoms with van der Waals surface area (Å²) in [4.78, 5) is 30.9. The maximum absolute atomic E-state index is 13.0. The Bertz CT molecular complexity index is 1040. The quantitative estimate of drug-likeness (QED) is 0.682. The monoisotopic (exact) mass is 404 g/mol. The van der Waals surface area contributed by atoms with Gasteiger partial charge in [0, 0.05) is 30.7 Å². The standard InChI is InChI=1S/C22H24N6O2/c1-15(2)21-18(13-25-28(21)19-5-3-4-10-23-19)22(30)26-16-6-8-17(9-7-16)27-12-11-24-20(29)14-27/h3-10,13,15H,11-12,14H2,1-2H3,(H,24,29)(H,26,30). The average molecular weight is 404 g/mol. The molecule has 0 spiro atoms. The second-order valence-electron chi connectivity index (χ2n) is 7.47. The van der Waals surface area contributed by atoms with Crippen molar-refractivity contribution >= 4 is 23.2 Å². The number of piperazine rings is 1. The summed E-state index contributed by atoms with van der Waals surface area (Å²) in [7, 11) is 0. The molecule has 0 atom stereocenters. The van der Waals surface area contributed by atoms with Crippen molar-refractivity contribution in [1.82, 2.24) is 20.1 Å². The molecule has 4 rings (SSSR count). The molecule has 1 saturated heterocycles. The lowest BCUT2D eigenvalue weighted by Gasteiger charge is -2.28. The Labute approximate surface area is 174 Å². The highest BCUT2D eigenvalue weighted by molar-refractivity contribution is 6.05. The maximum Gasteiger partial charge on any atom is 0.259 e. The van der Waals surface area contributed by atoms with Crippen molar-refractivity contribution in [2.45, 2.75) is 19.8 Å². The Balaban J connectivity index is 1.53. The minimum Gasteiger partial charge on any atom is -0.360 e. The number of pyridine rings is 1. The van der Waals surface area contributed by atoms with E-state index in [-0.39, 0.29) is 17.7 Å². The first-order valence-electron chi connectivity index (χ1n) is 9.95. The van der Waals surface area contributed by atoms with Gasteiger partial charge in [0.15, 0.2) is 5.82 Å². The van der Waals surface area contributed by atoms with Gasteiger partial charge in [-0.15, -0.1) is 0 Å². The molecule has 30 heavy (non-hydrogen) atoms. The molecule has 0 bridgehead atoms. The van der Waals surface area contributed by atoms with E-state index < -0.39 is 0 Å². The van der Waals surface area contributed by atoms with Gasteiger partial charge in [0.25, 0.3) is 5.91 Å². The highest BCUT2D eigenvalue weighted by Crippen LogP contribution is 2.24. The number of amides is 2. The summed E-state index contributed by atoms with van der Waals surface area (Å²) >= 11 is 0. The summed E-state index contributed by atoms with van der Waals surface area (Å²) in [5, 5.41) is 10.2. The van der Waals surface area contributed by atoms with Gasteiger partial charge >= 0.3 is 0 Å². The van der Waals surface area contributed by atoms with Crippen molar-refractivity contribution in [2.75, 3.05) is 29.9 Å². The second kappa shape index (κ2) is 8.36. The number of aromatic nitrogens is 3. The summed E-state index contributed by atoms with van der Waals surface area (Å²) < 4.78 is 1.71. The molecule has 2 amide bonds. The fourth-order valence-corrected chi connectivity index (χ4v) is 3.56. The van der Waals surface area contributed by atoms with E-state index in [1.165, 1.54) is 0 Å². The number of carbonyl (C=O) groups is 2. The molecule has 0 radical (unpaired) electrons. The van der Waals surface area contributed by atoms with E-state index in [0.29, 0.717) is 30.2 Å². The number of anilines is 2. The summed E-state index contributed by atoms with van der Waals surface area (Å²) in [6.45, 7) is 5.79. The first-order valence-corrected chi connectivity index (χ1v) is 9.95. The van der Waals surface area contributed by atoms with Gasteiger partial charge in [0.2, 0.25) is 5.91 Å². The number of hydrogen-bond donors (Lipinski definition) is 2. The molecule has 0 aliphatic carbocycles. The molecule has 1 aliphatic rings. The molecule has 1 fully saturated rings. The highest BCUT2D eigenvalue weighted by Gasteiger charge is 2.22. The van der Waals surface area contributed by atoms with Crippen LogP contribution in [0.25, 0.3) is 5.82 Å². The van der Waals surface area contributed by atoms with Crippen LogP contribution in [0.2, 0.25) is 0 Å². The molecule has 0 saturated carbocycles. The zero-order valence-electron chi connectivity index (χ0n) is 17.0. The second-order valence-corrected chi connectivity index (χ2v) is 7.47. The molecule has 8 heteroatoms. The lowest BCUT2D eigenvalue weighted by atomic mass is 10.1. The van der Waals surface area contributed by atoms with E-state index in [4.69, 9.17) is 0 Å². The third-order valence-electron chi connectivity index (χ3n) is 4.99. The molecule has 2 aromatic heterocycles. The summed E-state index contributed by atoms with van der Waals surface area (Å²) in [6.07, 6.45) is 3.29. The smallest absolute Gasteiger partial charge is 0.259 e. The van der Waals surface area contributed by atoms with Crippen molar-refractivity contribution in [3.8, 4) is 5.82 Å². The predicted molar refractivity (Wildman–Crippen MR) is 115 cm³/mol. The zero-order valence-corrected chi connectivity index (χ0v) is 17.0. The summed E-state index contributed by atoms with van der Waals surface area (Å²) in [5.41, 5.74) is 2.97. The minimum absolute atomic E-state index is 0.0183. The molecule has 1 aliphatic heterocycles. The number of benzene rings is 1. The largest absolute Gasteiger partial charge is 0.360 e. The Morgan fingerprint density at radius 3 is 2.63 bits per heavy atom. The molecule has 154 valence electrons. The van der Waals surface area contributed by atoms with Crippen LogP contribution in [0.1, 0.15) is 35.8 Å². The average Bonchev–Trinajstić information content (AvgIpc) is 3.21. The normalized spacial score (nSPS) is 14.0. The van der Waals surface area contributed by atoms with Crippen molar-refractivity contribution in [3.63, 3.8) is 0 Å². The van der Waals surface area contributed by atoms with E-state index >= 15 is 0 Å². The van der Waals surface area contributed by atoms with Crippen molar-refractivity contribution in [2.24, 2.45) is 0 Å². The molecular formula is C22H24N6O2.